The van der Waals surface area contributed by atoms with Crippen LogP contribution in [0.15, 0.2) is 18.5 Å². The van der Waals surface area contributed by atoms with Crippen LogP contribution in [0.5, 0.6) is 0 Å². The second-order valence-electron chi connectivity index (χ2n) is 8.69. The van der Waals surface area contributed by atoms with Crippen LogP contribution < -0.4 is 0 Å². The van der Waals surface area contributed by atoms with Crippen molar-refractivity contribution in [3.63, 3.8) is 0 Å². The molecular weight excluding hydrogens is 342 g/mol. The molecule has 1 N–H and O–H groups in total. The molecule has 3 aromatic rings. The van der Waals surface area contributed by atoms with Crippen LogP contribution in [0, 0.1) is 6.92 Å². The van der Waals surface area contributed by atoms with Crippen LogP contribution in [0.25, 0.3) is 22.1 Å². The number of imidazole rings is 1. The number of piperidine rings is 1. The minimum absolute atomic E-state index is 0.108. The quantitative estimate of drug-likeness (QED) is 0.704. The van der Waals surface area contributed by atoms with Crippen LogP contribution in [0.2, 0.25) is 0 Å². The van der Waals surface area contributed by atoms with E-state index in [2.05, 4.69) is 27.5 Å². The van der Waals surface area contributed by atoms with Crippen LogP contribution in [-0.4, -0.2) is 49.2 Å². The summed E-state index contributed by atoms with van der Waals surface area (Å²) >= 11 is 0. The molecule has 0 aliphatic carbocycles. The smallest absolute Gasteiger partial charge is 0.410 e. The molecule has 4 heterocycles. The van der Waals surface area contributed by atoms with Crippen molar-refractivity contribution in [3.8, 4) is 0 Å². The number of aromatic nitrogens is 4. The fourth-order valence-corrected chi connectivity index (χ4v) is 4.07. The van der Waals surface area contributed by atoms with E-state index in [4.69, 9.17) is 9.72 Å². The predicted octanol–water partition coefficient (Wildman–Crippen LogP) is 3.97. The Hall–Kier alpha value is -2.57. The molecule has 1 aliphatic rings. The first-order chi connectivity index (χ1) is 12.7. The Labute approximate surface area is 158 Å². The first-order valence-electron chi connectivity index (χ1n) is 9.47. The van der Waals surface area contributed by atoms with Gasteiger partial charge in [-0.2, -0.15) is 0 Å². The Morgan fingerprint density at radius 3 is 2.67 bits per heavy atom. The summed E-state index contributed by atoms with van der Waals surface area (Å²) in [6, 6.07) is 2.06. The number of rotatable bonds is 1. The van der Waals surface area contributed by atoms with Gasteiger partial charge in [-0.05, 0) is 53.5 Å². The third-order valence-corrected chi connectivity index (χ3v) is 5.40. The standard InChI is InChI=1S/C20H27N5O2/c1-13-23-15-12-22-17-14(6-9-21-17)16(15)25(13)20(5)7-10-24(11-8-20)18(26)27-19(2,3)4/h6,9,12H,7-8,10-11H2,1-5H3,(H,21,22). The zero-order valence-electron chi connectivity index (χ0n) is 16.7. The van der Waals surface area contributed by atoms with E-state index in [-0.39, 0.29) is 11.6 Å². The number of nitrogens with zero attached hydrogens (tertiary/aromatic N) is 4. The lowest BCUT2D eigenvalue weighted by molar-refractivity contribution is 0.0132. The highest BCUT2D eigenvalue weighted by Gasteiger charge is 2.37. The summed E-state index contributed by atoms with van der Waals surface area (Å²) in [5.41, 5.74) is 2.32. The van der Waals surface area contributed by atoms with E-state index in [1.54, 1.807) is 0 Å². The summed E-state index contributed by atoms with van der Waals surface area (Å²) < 4.78 is 7.87. The molecule has 0 unspecified atom stereocenters. The number of carbonyl (C=O) groups is 1. The lowest BCUT2D eigenvalue weighted by Crippen LogP contribution is -2.48. The van der Waals surface area contributed by atoms with Gasteiger partial charge < -0.3 is 19.2 Å². The molecule has 0 bridgehead atoms. The Morgan fingerprint density at radius 1 is 1.30 bits per heavy atom. The molecule has 0 radical (unpaired) electrons. The van der Waals surface area contributed by atoms with Gasteiger partial charge in [-0.3, -0.25) is 0 Å². The molecule has 7 nitrogen and oxygen atoms in total. The molecule has 7 heteroatoms. The van der Waals surface area contributed by atoms with Crippen molar-refractivity contribution in [1.82, 2.24) is 24.4 Å². The zero-order chi connectivity index (χ0) is 19.4. The number of aromatic amines is 1. The molecule has 144 valence electrons. The van der Waals surface area contributed by atoms with E-state index >= 15 is 0 Å². The number of H-pyrrole nitrogens is 1. The van der Waals surface area contributed by atoms with Crippen LogP contribution in [0.1, 0.15) is 46.4 Å². The van der Waals surface area contributed by atoms with Crippen molar-refractivity contribution < 1.29 is 9.53 Å². The minimum atomic E-state index is -0.470. The van der Waals surface area contributed by atoms with Gasteiger partial charge in [-0.25, -0.2) is 14.8 Å². The number of nitrogens with one attached hydrogen (secondary N) is 1. The molecule has 0 aromatic carbocycles. The maximum Gasteiger partial charge on any atom is 0.410 e. The van der Waals surface area contributed by atoms with Gasteiger partial charge in [0, 0.05) is 30.2 Å². The molecule has 1 amide bonds. The van der Waals surface area contributed by atoms with Crippen molar-refractivity contribution in [2.45, 2.75) is 58.6 Å². The van der Waals surface area contributed by atoms with Gasteiger partial charge in [0.15, 0.2) is 0 Å². The summed E-state index contributed by atoms with van der Waals surface area (Å²) in [7, 11) is 0. The largest absolute Gasteiger partial charge is 0.444 e. The summed E-state index contributed by atoms with van der Waals surface area (Å²) in [4.78, 5) is 26.6. The average Bonchev–Trinajstić information content (AvgIpc) is 3.16. The fraction of sp³-hybridized carbons (Fsp3) is 0.550. The van der Waals surface area contributed by atoms with Gasteiger partial charge in [0.25, 0.3) is 0 Å². The number of ether oxygens (including phenoxy) is 1. The number of pyridine rings is 1. The summed E-state index contributed by atoms with van der Waals surface area (Å²) in [6.45, 7) is 11.3. The highest BCUT2D eigenvalue weighted by Crippen LogP contribution is 2.36. The zero-order valence-corrected chi connectivity index (χ0v) is 16.7. The van der Waals surface area contributed by atoms with Crippen LogP contribution >= 0.6 is 0 Å². The fourth-order valence-electron chi connectivity index (χ4n) is 4.07. The molecule has 0 spiro atoms. The molecule has 3 aromatic heterocycles. The van der Waals surface area contributed by atoms with E-state index in [0.29, 0.717) is 13.1 Å². The highest BCUT2D eigenvalue weighted by atomic mass is 16.6. The topological polar surface area (TPSA) is 76.0 Å². The van der Waals surface area contributed by atoms with Gasteiger partial charge in [0.05, 0.1) is 11.7 Å². The lowest BCUT2D eigenvalue weighted by atomic mass is 9.89. The van der Waals surface area contributed by atoms with Crippen molar-refractivity contribution >= 4 is 28.2 Å². The number of amides is 1. The number of aryl methyl sites for hydroxylation is 1. The molecule has 1 fully saturated rings. The third-order valence-electron chi connectivity index (χ3n) is 5.40. The van der Waals surface area contributed by atoms with E-state index in [1.807, 2.05) is 45.0 Å². The molecule has 0 saturated carbocycles. The van der Waals surface area contributed by atoms with Crippen LogP contribution in [0.3, 0.4) is 0 Å². The van der Waals surface area contributed by atoms with E-state index in [0.717, 1.165) is 40.7 Å². The maximum absolute atomic E-state index is 12.4. The third kappa shape index (κ3) is 3.05. The van der Waals surface area contributed by atoms with Gasteiger partial charge in [-0.1, -0.05) is 0 Å². The number of hydrogen-bond acceptors (Lipinski definition) is 4. The monoisotopic (exact) mass is 369 g/mol. The molecule has 0 atom stereocenters. The summed E-state index contributed by atoms with van der Waals surface area (Å²) in [5, 5.41) is 1.09. The Kier molecular flexibility index (Phi) is 3.94. The first kappa shape index (κ1) is 17.8. The Morgan fingerprint density at radius 2 is 2.00 bits per heavy atom. The van der Waals surface area contributed by atoms with Gasteiger partial charge >= 0.3 is 6.09 Å². The molecule has 1 aliphatic heterocycles. The van der Waals surface area contributed by atoms with Gasteiger partial charge in [-0.15, -0.1) is 0 Å². The predicted molar refractivity (Wildman–Crippen MR) is 105 cm³/mol. The van der Waals surface area contributed by atoms with E-state index in [9.17, 15) is 4.79 Å². The number of carbonyl (C=O) groups excluding carboxylic acids is 1. The second kappa shape index (κ2) is 5.97. The van der Waals surface area contributed by atoms with Crippen molar-refractivity contribution in [1.29, 1.82) is 0 Å². The van der Waals surface area contributed by atoms with E-state index in [1.165, 1.54) is 0 Å². The molecular formula is C20H27N5O2. The number of hydrogen-bond donors (Lipinski definition) is 1. The molecule has 1 saturated heterocycles. The molecule has 4 rings (SSSR count). The van der Waals surface area contributed by atoms with Crippen LogP contribution in [0.4, 0.5) is 4.79 Å². The first-order valence-corrected chi connectivity index (χ1v) is 9.47. The van der Waals surface area contributed by atoms with Crippen molar-refractivity contribution in [2.75, 3.05) is 13.1 Å². The average molecular weight is 369 g/mol. The Bertz CT molecular complexity index is 1000. The molecule has 27 heavy (non-hydrogen) atoms. The van der Waals surface area contributed by atoms with Crippen molar-refractivity contribution in [2.24, 2.45) is 0 Å². The van der Waals surface area contributed by atoms with Crippen molar-refractivity contribution in [3.05, 3.63) is 24.3 Å². The van der Waals surface area contributed by atoms with Gasteiger partial charge in [0.2, 0.25) is 0 Å². The normalized spacial score (nSPS) is 17.6. The summed E-state index contributed by atoms with van der Waals surface area (Å²) in [5.74, 6) is 0.980. The van der Waals surface area contributed by atoms with Gasteiger partial charge in [0.1, 0.15) is 22.6 Å². The number of fused-ring (bicyclic) bond motifs is 3. The highest BCUT2D eigenvalue weighted by molar-refractivity contribution is 6.01. The number of likely N-dealkylation sites (tertiary alicyclic amines) is 1. The lowest BCUT2D eigenvalue weighted by Gasteiger charge is -2.41. The van der Waals surface area contributed by atoms with Crippen LogP contribution in [-0.2, 0) is 10.3 Å². The summed E-state index contributed by atoms with van der Waals surface area (Å²) in [6.07, 6.45) is 5.22. The Balaban J connectivity index is 1.66. The minimum Gasteiger partial charge on any atom is -0.444 e. The van der Waals surface area contributed by atoms with E-state index < -0.39 is 5.60 Å². The second-order valence-corrected chi connectivity index (χ2v) is 8.69. The SMILES string of the molecule is Cc1nc2cnc3[nH]ccc3c2n1C1(C)CCN(C(=O)OC(C)(C)C)CC1. The maximum atomic E-state index is 12.4.